The van der Waals surface area contributed by atoms with Crippen LogP contribution in [0, 0.1) is 5.82 Å². The number of aromatic nitrogens is 3. The molecule has 0 aliphatic carbocycles. The fourth-order valence-corrected chi connectivity index (χ4v) is 4.04. The summed E-state index contributed by atoms with van der Waals surface area (Å²) in [6.45, 7) is 6.91. The average Bonchev–Trinajstić information content (AvgIpc) is 3.51. The number of imidazole rings is 1. The Balaban J connectivity index is 1.64. The maximum absolute atomic E-state index is 14.8. The molecule has 4 rings (SSSR count). The van der Waals surface area contributed by atoms with Gasteiger partial charge in [-0.2, -0.15) is 11.3 Å². The van der Waals surface area contributed by atoms with Gasteiger partial charge < -0.3 is 15.3 Å². The van der Waals surface area contributed by atoms with E-state index in [1.807, 2.05) is 24.4 Å². The van der Waals surface area contributed by atoms with Crippen LogP contribution in [0.3, 0.4) is 0 Å². The molecule has 0 amide bonds. The fraction of sp³-hybridized carbons (Fsp3) is 0.130. The van der Waals surface area contributed by atoms with Gasteiger partial charge >= 0.3 is 0 Å². The van der Waals surface area contributed by atoms with E-state index in [1.165, 1.54) is 6.07 Å². The summed E-state index contributed by atoms with van der Waals surface area (Å²) in [5, 5.41) is 7.45. The molecule has 0 spiro atoms. The van der Waals surface area contributed by atoms with E-state index in [4.69, 9.17) is 0 Å². The SMILES string of the molecule is C=Nc1[nH]cc(-c2cc(CNCc3ncc[nH]3)ccc2F)c1/C=C(\C)c1ccsc1. The topological polar surface area (TPSA) is 68.9 Å². The molecular formula is C23H22FN5S. The summed E-state index contributed by atoms with van der Waals surface area (Å²) in [7, 11) is 0. The second-order valence-electron chi connectivity index (χ2n) is 6.92. The van der Waals surface area contributed by atoms with Crippen LogP contribution in [-0.4, -0.2) is 21.7 Å². The van der Waals surface area contributed by atoms with Gasteiger partial charge in [0, 0.05) is 41.8 Å². The molecule has 3 heterocycles. The number of aliphatic imine (C=N–C) groups is 1. The number of thiophene rings is 1. The van der Waals surface area contributed by atoms with Gasteiger partial charge in [-0.15, -0.1) is 0 Å². The van der Waals surface area contributed by atoms with Gasteiger partial charge in [0.2, 0.25) is 0 Å². The maximum Gasteiger partial charge on any atom is 0.137 e. The zero-order chi connectivity index (χ0) is 20.9. The minimum atomic E-state index is -0.276. The van der Waals surface area contributed by atoms with Crippen molar-refractivity contribution in [2.75, 3.05) is 0 Å². The Hall–Kier alpha value is -3.29. The maximum atomic E-state index is 14.8. The lowest BCUT2D eigenvalue weighted by Gasteiger charge is -2.09. The number of hydrogen-bond acceptors (Lipinski definition) is 4. The first-order valence-electron chi connectivity index (χ1n) is 9.52. The molecule has 4 aromatic rings. The number of aromatic amines is 2. The number of nitrogens with one attached hydrogen (secondary N) is 3. The van der Waals surface area contributed by atoms with Crippen molar-refractivity contribution in [3.63, 3.8) is 0 Å². The van der Waals surface area contributed by atoms with Gasteiger partial charge in [-0.1, -0.05) is 6.07 Å². The van der Waals surface area contributed by atoms with Crippen LogP contribution in [0.4, 0.5) is 10.2 Å². The summed E-state index contributed by atoms with van der Waals surface area (Å²) in [5.41, 5.74) is 5.32. The van der Waals surface area contributed by atoms with E-state index in [0.29, 0.717) is 24.5 Å². The van der Waals surface area contributed by atoms with E-state index in [2.05, 4.69) is 43.4 Å². The second kappa shape index (κ2) is 9.02. The van der Waals surface area contributed by atoms with Gasteiger partial charge in [0.25, 0.3) is 0 Å². The van der Waals surface area contributed by atoms with Crippen molar-refractivity contribution in [1.29, 1.82) is 0 Å². The third-order valence-electron chi connectivity index (χ3n) is 4.89. The van der Waals surface area contributed by atoms with Gasteiger partial charge in [0.05, 0.1) is 6.54 Å². The monoisotopic (exact) mass is 419 g/mol. The molecule has 0 saturated heterocycles. The van der Waals surface area contributed by atoms with Crippen molar-refractivity contribution in [1.82, 2.24) is 20.3 Å². The summed E-state index contributed by atoms with van der Waals surface area (Å²) >= 11 is 1.64. The van der Waals surface area contributed by atoms with Crippen molar-refractivity contribution >= 4 is 35.5 Å². The summed E-state index contributed by atoms with van der Waals surface area (Å²) in [4.78, 5) is 14.5. The summed E-state index contributed by atoms with van der Waals surface area (Å²) in [6, 6.07) is 7.24. The lowest BCUT2D eigenvalue weighted by Crippen LogP contribution is -2.13. The molecule has 0 saturated carbocycles. The number of hydrogen-bond donors (Lipinski definition) is 3. The Kier molecular flexibility index (Phi) is 6.02. The third kappa shape index (κ3) is 4.32. The zero-order valence-electron chi connectivity index (χ0n) is 16.6. The number of allylic oxidation sites excluding steroid dienone is 1. The van der Waals surface area contributed by atoms with Crippen LogP contribution in [0.5, 0.6) is 0 Å². The van der Waals surface area contributed by atoms with Crippen molar-refractivity contribution in [3.8, 4) is 11.1 Å². The van der Waals surface area contributed by atoms with E-state index < -0.39 is 0 Å². The third-order valence-corrected chi connectivity index (χ3v) is 5.57. The summed E-state index contributed by atoms with van der Waals surface area (Å²) in [6.07, 6.45) is 7.32. The highest BCUT2D eigenvalue weighted by molar-refractivity contribution is 7.08. The van der Waals surface area contributed by atoms with Crippen LogP contribution in [0.15, 0.2) is 58.6 Å². The molecular weight excluding hydrogens is 397 g/mol. The Morgan fingerprint density at radius 3 is 2.90 bits per heavy atom. The van der Waals surface area contributed by atoms with E-state index >= 15 is 0 Å². The first-order chi connectivity index (χ1) is 14.7. The van der Waals surface area contributed by atoms with E-state index in [-0.39, 0.29) is 5.82 Å². The molecule has 0 atom stereocenters. The zero-order valence-corrected chi connectivity index (χ0v) is 17.4. The van der Waals surface area contributed by atoms with E-state index in [1.54, 1.807) is 36.0 Å². The summed E-state index contributed by atoms with van der Waals surface area (Å²) in [5.74, 6) is 1.21. The highest BCUT2D eigenvalue weighted by atomic mass is 32.1. The summed E-state index contributed by atoms with van der Waals surface area (Å²) < 4.78 is 14.8. The molecule has 1 aromatic carbocycles. The van der Waals surface area contributed by atoms with Crippen molar-refractivity contribution in [3.05, 3.63) is 81.9 Å². The molecule has 0 radical (unpaired) electrons. The average molecular weight is 420 g/mol. The van der Waals surface area contributed by atoms with Crippen LogP contribution >= 0.6 is 11.3 Å². The molecule has 0 aliphatic rings. The quantitative estimate of drug-likeness (QED) is 0.317. The molecule has 7 heteroatoms. The first-order valence-corrected chi connectivity index (χ1v) is 10.5. The molecule has 0 unspecified atom stereocenters. The highest BCUT2D eigenvalue weighted by Gasteiger charge is 2.15. The molecule has 30 heavy (non-hydrogen) atoms. The molecule has 0 aliphatic heterocycles. The van der Waals surface area contributed by atoms with Crippen molar-refractivity contribution in [2.24, 2.45) is 4.99 Å². The van der Waals surface area contributed by atoms with Gasteiger partial charge in [-0.3, -0.25) is 0 Å². The number of halogens is 1. The number of nitrogens with zero attached hydrogens (tertiary/aromatic N) is 2. The van der Waals surface area contributed by atoms with Crippen LogP contribution in [0.25, 0.3) is 22.8 Å². The fourth-order valence-electron chi connectivity index (χ4n) is 3.32. The Morgan fingerprint density at radius 1 is 1.27 bits per heavy atom. The van der Waals surface area contributed by atoms with Gasteiger partial charge in [0.1, 0.15) is 17.5 Å². The van der Waals surface area contributed by atoms with Crippen molar-refractivity contribution < 1.29 is 4.39 Å². The Bertz CT molecular complexity index is 1160. The molecule has 3 aromatic heterocycles. The van der Waals surface area contributed by atoms with E-state index in [9.17, 15) is 4.39 Å². The van der Waals surface area contributed by atoms with Gasteiger partial charge in [-0.05, 0) is 65.4 Å². The van der Waals surface area contributed by atoms with Crippen LogP contribution in [-0.2, 0) is 13.1 Å². The number of rotatable bonds is 8. The van der Waals surface area contributed by atoms with Crippen LogP contribution in [0.2, 0.25) is 0 Å². The predicted octanol–water partition coefficient (Wildman–Crippen LogP) is 5.79. The number of H-pyrrole nitrogens is 2. The standard InChI is InChI=1S/C23H22FN5S/c1-15(17-5-8-30-14-17)9-19-20(12-29-23(19)25-2)18-10-16(3-4-21(18)24)11-26-13-22-27-6-7-28-22/h3-10,12,14,26,29H,2,11,13H2,1H3,(H,27,28)/b15-9+. The predicted molar refractivity (Wildman–Crippen MR) is 122 cm³/mol. The first kappa shape index (κ1) is 20.0. The lowest BCUT2D eigenvalue weighted by atomic mass is 9.98. The minimum absolute atomic E-state index is 0.276. The van der Waals surface area contributed by atoms with Crippen molar-refractivity contribution in [2.45, 2.75) is 20.0 Å². The van der Waals surface area contributed by atoms with Gasteiger partial charge in [0.15, 0.2) is 0 Å². The molecule has 3 N–H and O–H groups in total. The van der Waals surface area contributed by atoms with Crippen LogP contribution in [0.1, 0.15) is 29.4 Å². The van der Waals surface area contributed by atoms with Gasteiger partial charge in [-0.25, -0.2) is 14.4 Å². The normalized spacial score (nSPS) is 11.7. The highest BCUT2D eigenvalue weighted by Crippen LogP contribution is 2.36. The number of benzene rings is 1. The Morgan fingerprint density at radius 2 is 2.17 bits per heavy atom. The molecule has 152 valence electrons. The van der Waals surface area contributed by atoms with Crippen LogP contribution < -0.4 is 5.32 Å². The smallest absolute Gasteiger partial charge is 0.137 e. The second-order valence-corrected chi connectivity index (χ2v) is 7.70. The van der Waals surface area contributed by atoms with E-state index in [0.717, 1.165) is 33.7 Å². The molecule has 5 nitrogen and oxygen atoms in total. The lowest BCUT2D eigenvalue weighted by molar-refractivity contribution is 0.627. The Labute approximate surface area is 178 Å². The molecule has 0 bridgehead atoms. The largest absolute Gasteiger partial charge is 0.348 e. The molecule has 0 fully saturated rings. The minimum Gasteiger partial charge on any atom is -0.348 e.